The lowest BCUT2D eigenvalue weighted by molar-refractivity contribution is -0.172. The molecule has 0 radical (unpaired) electrons. The zero-order chi connectivity index (χ0) is 21.1. The van der Waals surface area contributed by atoms with Crippen LogP contribution in [0.1, 0.15) is 64.0 Å². The van der Waals surface area contributed by atoms with E-state index in [9.17, 15) is 19.5 Å². The van der Waals surface area contributed by atoms with Gasteiger partial charge in [-0.3, -0.25) is 14.4 Å². The fourth-order valence-corrected chi connectivity index (χ4v) is 3.98. The lowest BCUT2D eigenvalue weighted by Gasteiger charge is -2.43. The van der Waals surface area contributed by atoms with Crippen LogP contribution in [0.3, 0.4) is 0 Å². The zero-order valence-electron chi connectivity index (χ0n) is 17.2. The average molecular weight is 390 g/mol. The molecule has 1 aliphatic carbocycles. The number of Topliss-reactive ketones (excluding diaryl/α,β-unsaturated/α-hetero) is 1. The third-order valence-corrected chi connectivity index (χ3v) is 5.34. The highest BCUT2D eigenvalue weighted by molar-refractivity contribution is 6.02. The number of aliphatic hydroxyl groups is 1. The van der Waals surface area contributed by atoms with E-state index < -0.39 is 41.1 Å². The maximum Gasteiger partial charge on any atom is 0.317 e. The Morgan fingerprint density at radius 1 is 1.11 bits per heavy atom. The van der Waals surface area contributed by atoms with Crippen LogP contribution in [0.2, 0.25) is 0 Å². The van der Waals surface area contributed by atoms with E-state index in [2.05, 4.69) is 13.8 Å². The Morgan fingerprint density at radius 2 is 1.64 bits per heavy atom. The van der Waals surface area contributed by atoms with E-state index in [0.29, 0.717) is 11.5 Å². The molecule has 1 aromatic rings. The normalized spacial score (nSPS) is 27.5. The van der Waals surface area contributed by atoms with Crippen molar-refractivity contribution in [3.05, 3.63) is 35.4 Å². The highest BCUT2D eigenvalue weighted by Crippen LogP contribution is 2.46. The van der Waals surface area contributed by atoms with E-state index in [4.69, 9.17) is 9.47 Å². The highest BCUT2D eigenvalue weighted by Gasteiger charge is 2.57. The van der Waals surface area contributed by atoms with Crippen molar-refractivity contribution in [1.29, 1.82) is 0 Å². The number of benzene rings is 1. The van der Waals surface area contributed by atoms with Gasteiger partial charge in [0, 0.05) is 12.3 Å². The fraction of sp³-hybridized carbons (Fsp3) is 0.591. The second-order valence-corrected chi connectivity index (χ2v) is 7.81. The molecule has 2 rings (SSSR count). The van der Waals surface area contributed by atoms with Gasteiger partial charge in [-0.25, -0.2) is 0 Å². The van der Waals surface area contributed by atoms with Gasteiger partial charge in [0.15, 0.2) is 5.78 Å². The van der Waals surface area contributed by atoms with Crippen molar-refractivity contribution < 1.29 is 29.0 Å². The van der Waals surface area contributed by atoms with Crippen LogP contribution >= 0.6 is 0 Å². The number of hydrogen-bond donors (Lipinski definition) is 1. The van der Waals surface area contributed by atoms with Crippen LogP contribution in [0.25, 0.3) is 0 Å². The van der Waals surface area contributed by atoms with Gasteiger partial charge < -0.3 is 14.6 Å². The molecule has 0 spiro atoms. The maximum absolute atomic E-state index is 12.8. The van der Waals surface area contributed by atoms with Gasteiger partial charge in [-0.05, 0) is 37.8 Å². The molecule has 4 atom stereocenters. The molecular formula is C22H30O6. The van der Waals surface area contributed by atoms with Crippen molar-refractivity contribution in [2.45, 2.75) is 58.5 Å². The molecule has 0 bridgehead atoms. The van der Waals surface area contributed by atoms with E-state index in [-0.39, 0.29) is 19.6 Å². The molecule has 1 aromatic carbocycles. The SMILES string of the molecule is CCOC(=O)C1C(=O)CC(C)(O)C(C(=O)OCC)C1c1ccc(C(C)C)cc1. The third-order valence-electron chi connectivity index (χ3n) is 5.34. The van der Waals surface area contributed by atoms with Gasteiger partial charge in [-0.2, -0.15) is 0 Å². The smallest absolute Gasteiger partial charge is 0.317 e. The molecule has 154 valence electrons. The first-order chi connectivity index (χ1) is 13.1. The number of hydrogen-bond acceptors (Lipinski definition) is 6. The maximum atomic E-state index is 12.8. The van der Waals surface area contributed by atoms with E-state index in [1.807, 2.05) is 24.3 Å². The van der Waals surface area contributed by atoms with Crippen LogP contribution in [-0.2, 0) is 23.9 Å². The quantitative estimate of drug-likeness (QED) is 0.593. The first-order valence-corrected chi connectivity index (χ1v) is 9.82. The summed E-state index contributed by atoms with van der Waals surface area (Å²) in [5.74, 6) is -4.46. The Balaban J connectivity index is 2.59. The van der Waals surface area contributed by atoms with E-state index in [1.54, 1.807) is 13.8 Å². The van der Waals surface area contributed by atoms with Crippen molar-refractivity contribution >= 4 is 17.7 Å². The van der Waals surface area contributed by atoms with Crippen molar-refractivity contribution in [2.24, 2.45) is 11.8 Å². The molecule has 0 saturated heterocycles. The molecule has 0 heterocycles. The highest BCUT2D eigenvalue weighted by atomic mass is 16.5. The van der Waals surface area contributed by atoms with Crippen LogP contribution in [-0.4, -0.2) is 41.6 Å². The minimum absolute atomic E-state index is 0.127. The molecule has 1 saturated carbocycles. The Kier molecular flexibility index (Phi) is 6.99. The summed E-state index contributed by atoms with van der Waals surface area (Å²) in [6.07, 6.45) is -0.305. The molecule has 0 aromatic heterocycles. The van der Waals surface area contributed by atoms with Crippen LogP contribution in [0.4, 0.5) is 0 Å². The average Bonchev–Trinajstić information content (AvgIpc) is 2.60. The monoisotopic (exact) mass is 390 g/mol. The van der Waals surface area contributed by atoms with Gasteiger partial charge in [0.05, 0.1) is 24.7 Å². The zero-order valence-corrected chi connectivity index (χ0v) is 17.2. The van der Waals surface area contributed by atoms with Gasteiger partial charge in [0.25, 0.3) is 0 Å². The molecule has 6 heteroatoms. The Bertz CT molecular complexity index is 719. The molecule has 0 amide bonds. The second kappa shape index (κ2) is 8.86. The summed E-state index contributed by atoms with van der Waals surface area (Å²) in [6, 6.07) is 7.46. The van der Waals surface area contributed by atoms with Crippen LogP contribution < -0.4 is 0 Å². The predicted octanol–water partition coefficient (Wildman–Crippen LogP) is 2.98. The first kappa shape index (κ1) is 22.1. The lowest BCUT2D eigenvalue weighted by Crippen LogP contribution is -2.55. The summed E-state index contributed by atoms with van der Waals surface area (Å²) in [4.78, 5) is 38.2. The second-order valence-electron chi connectivity index (χ2n) is 7.81. The Morgan fingerprint density at radius 3 is 2.14 bits per heavy atom. The van der Waals surface area contributed by atoms with Crippen molar-refractivity contribution in [3.8, 4) is 0 Å². The summed E-state index contributed by atoms with van der Waals surface area (Å²) in [7, 11) is 0. The van der Waals surface area contributed by atoms with Gasteiger partial charge in [-0.15, -0.1) is 0 Å². The molecule has 28 heavy (non-hydrogen) atoms. The summed E-state index contributed by atoms with van der Waals surface area (Å²) in [6.45, 7) is 9.18. The number of carbonyl (C=O) groups is 3. The van der Waals surface area contributed by atoms with Crippen molar-refractivity contribution in [2.75, 3.05) is 13.2 Å². The Hall–Kier alpha value is -2.21. The number of carbonyl (C=O) groups excluding carboxylic acids is 3. The molecule has 6 nitrogen and oxygen atoms in total. The molecule has 4 unspecified atom stereocenters. The molecule has 0 aliphatic heterocycles. The summed E-state index contributed by atoms with van der Waals surface area (Å²) >= 11 is 0. The molecule has 1 fully saturated rings. The summed E-state index contributed by atoms with van der Waals surface area (Å²) in [5.41, 5.74) is 0.111. The standard InChI is InChI=1S/C22H30O6/c1-6-27-20(24)18-16(23)12-22(5,26)19(21(25)28-7-2)17(18)15-10-8-14(9-11-15)13(3)4/h8-11,13,17-19,26H,6-7,12H2,1-5H3. The van der Waals surface area contributed by atoms with Gasteiger partial charge >= 0.3 is 11.9 Å². The van der Waals surface area contributed by atoms with Crippen molar-refractivity contribution in [1.82, 2.24) is 0 Å². The van der Waals surface area contributed by atoms with Crippen molar-refractivity contribution in [3.63, 3.8) is 0 Å². The number of esters is 2. The van der Waals surface area contributed by atoms with Crippen LogP contribution in [0.5, 0.6) is 0 Å². The van der Waals surface area contributed by atoms with E-state index >= 15 is 0 Å². The summed E-state index contributed by atoms with van der Waals surface area (Å²) < 4.78 is 10.3. The summed E-state index contributed by atoms with van der Waals surface area (Å²) in [5, 5.41) is 10.9. The first-order valence-electron chi connectivity index (χ1n) is 9.82. The number of rotatable bonds is 6. The van der Waals surface area contributed by atoms with Crippen LogP contribution in [0, 0.1) is 11.8 Å². The van der Waals surface area contributed by atoms with Gasteiger partial charge in [0.1, 0.15) is 5.92 Å². The van der Waals surface area contributed by atoms with Crippen LogP contribution in [0.15, 0.2) is 24.3 Å². The van der Waals surface area contributed by atoms with Gasteiger partial charge in [0.2, 0.25) is 0 Å². The third kappa shape index (κ3) is 4.43. The molecular weight excluding hydrogens is 360 g/mol. The van der Waals surface area contributed by atoms with Gasteiger partial charge in [-0.1, -0.05) is 38.1 Å². The number of ketones is 1. The largest absolute Gasteiger partial charge is 0.466 e. The molecule has 1 N–H and O–H groups in total. The lowest BCUT2D eigenvalue weighted by atomic mass is 9.61. The van der Waals surface area contributed by atoms with E-state index in [0.717, 1.165) is 5.56 Å². The number of ether oxygens (including phenoxy) is 2. The minimum atomic E-state index is -1.62. The van der Waals surface area contributed by atoms with E-state index in [1.165, 1.54) is 6.92 Å². The predicted molar refractivity (Wildman–Crippen MR) is 104 cm³/mol. The molecule has 1 aliphatic rings. The fourth-order valence-electron chi connectivity index (χ4n) is 3.98. The minimum Gasteiger partial charge on any atom is -0.466 e. The Labute approximate surface area is 166 Å². The topological polar surface area (TPSA) is 89.9 Å².